The maximum absolute atomic E-state index is 11.9. The Morgan fingerprint density at radius 2 is 2.09 bits per heavy atom. The summed E-state index contributed by atoms with van der Waals surface area (Å²) in [6.45, 7) is 2.46. The van der Waals surface area contributed by atoms with E-state index in [2.05, 4.69) is 5.32 Å². The number of ether oxygens (including phenoxy) is 2. The van der Waals surface area contributed by atoms with Crippen molar-refractivity contribution in [2.24, 2.45) is 5.73 Å². The Labute approximate surface area is 138 Å². The van der Waals surface area contributed by atoms with Crippen LogP contribution >= 0.6 is 0 Å². The van der Waals surface area contributed by atoms with Crippen molar-refractivity contribution >= 4 is 5.91 Å². The maximum Gasteiger partial charge on any atom is 0.237 e. The van der Waals surface area contributed by atoms with Crippen molar-refractivity contribution in [1.82, 2.24) is 5.32 Å². The van der Waals surface area contributed by atoms with Gasteiger partial charge in [0.15, 0.2) is 11.5 Å². The zero-order chi connectivity index (χ0) is 16.7. The first-order valence-corrected chi connectivity index (χ1v) is 8.51. The van der Waals surface area contributed by atoms with Gasteiger partial charge in [-0.3, -0.25) is 4.79 Å². The Kier molecular flexibility index (Phi) is 6.71. The predicted octanol–water partition coefficient (Wildman–Crippen LogP) is 2.76. The van der Waals surface area contributed by atoms with Crippen molar-refractivity contribution < 1.29 is 14.3 Å². The van der Waals surface area contributed by atoms with Gasteiger partial charge in [0.05, 0.1) is 19.3 Å². The Hall–Kier alpha value is -1.75. The Morgan fingerprint density at radius 3 is 2.74 bits per heavy atom. The maximum atomic E-state index is 11.9. The van der Waals surface area contributed by atoms with E-state index in [9.17, 15) is 4.79 Å². The molecule has 5 nitrogen and oxygen atoms in total. The van der Waals surface area contributed by atoms with Gasteiger partial charge in [0.25, 0.3) is 0 Å². The van der Waals surface area contributed by atoms with E-state index in [1.54, 1.807) is 7.11 Å². The largest absolute Gasteiger partial charge is 0.493 e. The number of carbonyl (C=O) groups is 1. The van der Waals surface area contributed by atoms with Crippen LogP contribution in [-0.4, -0.2) is 25.2 Å². The molecule has 3 N–H and O–H groups in total. The van der Waals surface area contributed by atoms with Crippen molar-refractivity contribution in [1.29, 1.82) is 0 Å². The number of nitrogens with two attached hydrogens (primary N) is 1. The molecule has 0 bridgehead atoms. The van der Waals surface area contributed by atoms with Crippen LogP contribution in [0.3, 0.4) is 0 Å². The molecule has 1 aromatic rings. The van der Waals surface area contributed by atoms with E-state index in [-0.39, 0.29) is 12.0 Å². The highest BCUT2D eigenvalue weighted by atomic mass is 16.5. The van der Waals surface area contributed by atoms with Crippen molar-refractivity contribution in [2.45, 2.75) is 64.1 Å². The first kappa shape index (κ1) is 17.6. The number of amides is 1. The number of carbonyl (C=O) groups excluding carboxylic acids is 1. The Balaban J connectivity index is 1.97. The van der Waals surface area contributed by atoms with E-state index < -0.39 is 6.04 Å². The lowest BCUT2D eigenvalue weighted by Crippen LogP contribution is -2.40. The molecule has 1 atom stereocenters. The molecule has 5 heteroatoms. The molecule has 0 radical (unpaired) electrons. The molecule has 0 saturated heterocycles. The average Bonchev–Trinajstić information content (AvgIpc) is 3.06. The third-order valence-corrected chi connectivity index (χ3v) is 4.23. The molecule has 23 heavy (non-hydrogen) atoms. The molecule has 1 aliphatic rings. The summed E-state index contributed by atoms with van der Waals surface area (Å²) in [6, 6.07) is 5.33. The Bertz CT molecular complexity index is 513. The van der Waals surface area contributed by atoms with Crippen LogP contribution in [0.1, 0.15) is 51.0 Å². The molecule has 0 aromatic heterocycles. The number of benzene rings is 1. The quantitative estimate of drug-likeness (QED) is 0.772. The van der Waals surface area contributed by atoms with Gasteiger partial charge in [0.1, 0.15) is 0 Å². The molecule has 1 unspecified atom stereocenters. The summed E-state index contributed by atoms with van der Waals surface area (Å²) in [6.07, 6.45) is 6.50. The minimum absolute atomic E-state index is 0.110. The van der Waals surface area contributed by atoms with Gasteiger partial charge in [-0.15, -0.1) is 0 Å². The van der Waals surface area contributed by atoms with Crippen LogP contribution in [0.2, 0.25) is 0 Å². The van der Waals surface area contributed by atoms with Gasteiger partial charge < -0.3 is 20.5 Å². The number of rotatable bonds is 8. The first-order chi connectivity index (χ1) is 11.1. The van der Waals surface area contributed by atoms with Gasteiger partial charge >= 0.3 is 0 Å². The van der Waals surface area contributed by atoms with Gasteiger partial charge in [-0.05, 0) is 49.8 Å². The highest BCUT2D eigenvalue weighted by Gasteiger charge is 2.19. The van der Waals surface area contributed by atoms with Gasteiger partial charge in [0, 0.05) is 6.54 Å². The second-order valence-corrected chi connectivity index (χ2v) is 6.12. The normalized spacial score (nSPS) is 16.1. The molecule has 1 fully saturated rings. The zero-order valence-corrected chi connectivity index (χ0v) is 14.1. The molecule has 1 aliphatic carbocycles. The number of methoxy groups -OCH3 is 1. The summed E-state index contributed by atoms with van der Waals surface area (Å²) in [4.78, 5) is 11.9. The highest BCUT2D eigenvalue weighted by Crippen LogP contribution is 2.32. The minimum atomic E-state index is -0.438. The van der Waals surface area contributed by atoms with Crippen LogP contribution in [0.4, 0.5) is 0 Å². The van der Waals surface area contributed by atoms with E-state index in [1.807, 2.05) is 25.1 Å². The van der Waals surface area contributed by atoms with E-state index in [0.29, 0.717) is 13.0 Å². The molecule has 1 saturated carbocycles. The third kappa shape index (κ3) is 5.13. The lowest BCUT2D eigenvalue weighted by Gasteiger charge is -2.17. The topological polar surface area (TPSA) is 73.6 Å². The standard InChI is InChI=1S/C18H28N2O3/c1-3-6-15(19)18(21)20-12-13-9-10-16(22-2)17(11-13)23-14-7-4-5-8-14/h9-11,14-15H,3-8,12,19H2,1-2H3,(H,20,21). The van der Waals surface area contributed by atoms with Crippen molar-refractivity contribution in [3.8, 4) is 11.5 Å². The molecular weight excluding hydrogens is 292 g/mol. The average molecular weight is 320 g/mol. The molecule has 0 heterocycles. The fourth-order valence-corrected chi connectivity index (χ4v) is 2.87. The zero-order valence-electron chi connectivity index (χ0n) is 14.1. The van der Waals surface area contributed by atoms with Crippen LogP contribution in [0.5, 0.6) is 11.5 Å². The van der Waals surface area contributed by atoms with Crippen LogP contribution in [0, 0.1) is 0 Å². The second-order valence-electron chi connectivity index (χ2n) is 6.12. The van der Waals surface area contributed by atoms with Gasteiger partial charge in [0.2, 0.25) is 5.91 Å². The van der Waals surface area contributed by atoms with Crippen LogP contribution in [0.15, 0.2) is 18.2 Å². The van der Waals surface area contributed by atoms with Crippen molar-refractivity contribution in [2.75, 3.05) is 7.11 Å². The first-order valence-electron chi connectivity index (χ1n) is 8.51. The van der Waals surface area contributed by atoms with Crippen LogP contribution in [0.25, 0.3) is 0 Å². The summed E-state index contributed by atoms with van der Waals surface area (Å²) < 4.78 is 11.4. The summed E-state index contributed by atoms with van der Waals surface area (Å²) in [5.41, 5.74) is 6.80. The van der Waals surface area contributed by atoms with Crippen LogP contribution < -0.4 is 20.5 Å². The molecule has 0 aliphatic heterocycles. The van der Waals surface area contributed by atoms with E-state index in [1.165, 1.54) is 12.8 Å². The molecule has 0 spiro atoms. The van der Waals surface area contributed by atoms with Gasteiger partial charge in [-0.1, -0.05) is 19.4 Å². The summed E-state index contributed by atoms with van der Waals surface area (Å²) in [5.74, 6) is 1.37. The molecule has 2 rings (SSSR count). The third-order valence-electron chi connectivity index (χ3n) is 4.23. The smallest absolute Gasteiger partial charge is 0.237 e. The molecular formula is C18H28N2O3. The number of hydrogen-bond donors (Lipinski definition) is 2. The fraction of sp³-hybridized carbons (Fsp3) is 0.611. The van der Waals surface area contributed by atoms with Gasteiger partial charge in [-0.2, -0.15) is 0 Å². The van der Waals surface area contributed by atoms with E-state index >= 15 is 0 Å². The number of hydrogen-bond acceptors (Lipinski definition) is 4. The molecule has 1 aromatic carbocycles. The predicted molar refractivity (Wildman–Crippen MR) is 90.6 cm³/mol. The highest BCUT2D eigenvalue weighted by molar-refractivity contribution is 5.81. The number of nitrogens with one attached hydrogen (secondary N) is 1. The monoisotopic (exact) mass is 320 g/mol. The van der Waals surface area contributed by atoms with Crippen molar-refractivity contribution in [3.05, 3.63) is 23.8 Å². The summed E-state index contributed by atoms with van der Waals surface area (Å²) in [5, 5.41) is 2.88. The second kappa shape index (κ2) is 8.77. The molecule has 128 valence electrons. The minimum Gasteiger partial charge on any atom is -0.493 e. The lowest BCUT2D eigenvalue weighted by atomic mass is 10.1. The van der Waals surface area contributed by atoms with Crippen molar-refractivity contribution in [3.63, 3.8) is 0 Å². The molecule has 1 amide bonds. The fourth-order valence-electron chi connectivity index (χ4n) is 2.87. The summed E-state index contributed by atoms with van der Waals surface area (Å²) in [7, 11) is 1.64. The van der Waals surface area contributed by atoms with Crippen LogP contribution in [-0.2, 0) is 11.3 Å². The Morgan fingerprint density at radius 1 is 1.35 bits per heavy atom. The lowest BCUT2D eigenvalue weighted by molar-refractivity contribution is -0.122. The van der Waals surface area contributed by atoms with E-state index in [4.69, 9.17) is 15.2 Å². The SMILES string of the molecule is CCCC(N)C(=O)NCc1ccc(OC)c(OC2CCCC2)c1. The summed E-state index contributed by atoms with van der Waals surface area (Å²) >= 11 is 0. The van der Waals surface area contributed by atoms with Gasteiger partial charge in [-0.25, -0.2) is 0 Å². The van der Waals surface area contributed by atoms with E-state index in [0.717, 1.165) is 36.3 Å².